The molecule has 3 amide bonds. The quantitative estimate of drug-likeness (QED) is 0.257. The predicted molar refractivity (Wildman–Crippen MR) is 151 cm³/mol. The fourth-order valence-electron chi connectivity index (χ4n) is 4.20. The minimum absolute atomic E-state index is 0.0958. The van der Waals surface area contributed by atoms with Crippen LogP contribution in [0.15, 0.2) is 71.7 Å². The van der Waals surface area contributed by atoms with Crippen molar-refractivity contribution in [2.45, 2.75) is 38.8 Å². The molecular weight excluding hydrogens is 550 g/mol. The van der Waals surface area contributed by atoms with Crippen LogP contribution in [0.5, 0.6) is 0 Å². The van der Waals surface area contributed by atoms with Gasteiger partial charge in [-0.05, 0) is 19.4 Å². The van der Waals surface area contributed by atoms with E-state index in [4.69, 9.17) is 5.73 Å². The van der Waals surface area contributed by atoms with Crippen LogP contribution in [0.4, 0.5) is 14.5 Å². The van der Waals surface area contributed by atoms with Crippen LogP contribution in [0.2, 0.25) is 0 Å². The zero-order chi connectivity index (χ0) is 30.9. The van der Waals surface area contributed by atoms with Crippen LogP contribution in [-0.4, -0.2) is 69.6 Å². The van der Waals surface area contributed by atoms with Gasteiger partial charge in [0.2, 0.25) is 17.6 Å². The number of nitrogens with one attached hydrogen (secondary N) is 2. The topological polar surface area (TPSA) is 156 Å². The molecule has 0 aliphatic rings. The van der Waals surface area contributed by atoms with Gasteiger partial charge in [-0.3, -0.25) is 28.5 Å². The van der Waals surface area contributed by atoms with Crippen molar-refractivity contribution in [1.82, 2.24) is 25.1 Å². The molecule has 0 saturated heterocycles. The fourth-order valence-corrected chi connectivity index (χ4v) is 4.20. The van der Waals surface area contributed by atoms with Crippen molar-refractivity contribution in [2.75, 3.05) is 25.4 Å². The Kier molecular flexibility index (Phi) is 10.6. The van der Waals surface area contributed by atoms with Gasteiger partial charge in [0, 0.05) is 25.1 Å². The Hall–Kier alpha value is -4.94. The molecule has 0 saturated carbocycles. The number of hydrogen-bond donors (Lipinski definition) is 3. The molecule has 2 aromatic carbocycles. The first-order chi connectivity index (χ1) is 20.0. The average molecular weight is 583 g/mol. The van der Waals surface area contributed by atoms with Crippen molar-refractivity contribution >= 4 is 29.2 Å². The molecule has 0 fully saturated rings. The summed E-state index contributed by atoms with van der Waals surface area (Å²) in [6, 6.07) is 14.6. The van der Waals surface area contributed by atoms with Crippen molar-refractivity contribution < 1.29 is 28.0 Å². The van der Waals surface area contributed by atoms with Gasteiger partial charge in [0.1, 0.15) is 18.1 Å². The number of carbonyl (C=O) groups excluding carboxylic acids is 4. The summed E-state index contributed by atoms with van der Waals surface area (Å²) in [5, 5.41) is 4.07. The number of rotatable bonds is 13. The Bertz CT molecular complexity index is 1480. The second-order valence-electron chi connectivity index (χ2n) is 9.29. The Labute approximate surface area is 240 Å². The van der Waals surface area contributed by atoms with Crippen LogP contribution < -0.4 is 21.9 Å². The second kappa shape index (κ2) is 14.1. The zero-order valence-electron chi connectivity index (χ0n) is 23.2. The van der Waals surface area contributed by atoms with Crippen molar-refractivity contribution in [3.63, 3.8) is 0 Å². The SMILES string of the molecule is CCN(CC)C(=O)CNC(=O)C(F)(F)C(=O)C(Cc1ccccc1)NC(=O)Cn1c(-c2ccccc2)ncc(N)c1=O. The Morgan fingerprint density at radius 3 is 2.19 bits per heavy atom. The van der Waals surface area contributed by atoms with Crippen LogP contribution in [0, 0.1) is 0 Å². The molecule has 1 atom stereocenters. The summed E-state index contributed by atoms with van der Waals surface area (Å²) in [6.07, 6.45) is 0.771. The summed E-state index contributed by atoms with van der Waals surface area (Å²) < 4.78 is 31.2. The molecule has 0 spiro atoms. The third kappa shape index (κ3) is 7.62. The smallest absolute Gasteiger partial charge is 0.383 e. The van der Waals surface area contributed by atoms with Gasteiger partial charge in [0.15, 0.2) is 0 Å². The maximum Gasteiger partial charge on any atom is 0.383 e. The molecule has 222 valence electrons. The monoisotopic (exact) mass is 582 g/mol. The molecule has 1 aromatic heterocycles. The molecule has 11 nitrogen and oxygen atoms in total. The number of nitrogen functional groups attached to an aromatic ring is 1. The summed E-state index contributed by atoms with van der Waals surface area (Å²) in [7, 11) is 0. The molecule has 1 heterocycles. The molecule has 0 radical (unpaired) electrons. The summed E-state index contributed by atoms with van der Waals surface area (Å²) in [6.45, 7) is 2.57. The number of ketones is 1. The number of halogens is 2. The Morgan fingerprint density at radius 2 is 1.60 bits per heavy atom. The van der Waals surface area contributed by atoms with Crippen LogP contribution in [-0.2, 0) is 32.1 Å². The molecule has 0 aliphatic heterocycles. The molecule has 42 heavy (non-hydrogen) atoms. The molecule has 1 unspecified atom stereocenters. The Morgan fingerprint density at radius 1 is 1.00 bits per heavy atom. The second-order valence-corrected chi connectivity index (χ2v) is 9.29. The first-order valence-corrected chi connectivity index (χ1v) is 13.2. The lowest BCUT2D eigenvalue weighted by molar-refractivity contribution is -0.161. The number of aromatic nitrogens is 2. The van der Waals surface area contributed by atoms with Gasteiger partial charge in [-0.2, -0.15) is 8.78 Å². The van der Waals surface area contributed by atoms with Crippen molar-refractivity contribution in [2.24, 2.45) is 0 Å². The lowest BCUT2D eigenvalue weighted by atomic mass is 9.98. The highest BCUT2D eigenvalue weighted by atomic mass is 19.3. The summed E-state index contributed by atoms with van der Waals surface area (Å²) >= 11 is 0. The minimum Gasteiger partial charge on any atom is -0.393 e. The molecular formula is C29H32F2N6O5. The van der Waals surface area contributed by atoms with E-state index in [1.165, 1.54) is 4.90 Å². The predicted octanol–water partition coefficient (Wildman–Crippen LogP) is 1.41. The van der Waals surface area contributed by atoms with E-state index >= 15 is 8.78 Å². The molecule has 13 heteroatoms. The van der Waals surface area contributed by atoms with Crippen LogP contribution in [0.3, 0.4) is 0 Å². The number of alkyl halides is 2. The van der Waals surface area contributed by atoms with Crippen molar-refractivity contribution in [3.8, 4) is 11.4 Å². The Balaban J connectivity index is 1.86. The van der Waals surface area contributed by atoms with Gasteiger partial charge in [-0.15, -0.1) is 0 Å². The van der Waals surface area contributed by atoms with Gasteiger partial charge < -0.3 is 21.3 Å². The molecule has 4 N–H and O–H groups in total. The summed E-state index contributed by atoms with van der Waals surface area (Å²) in [5.74, 6) is -9.90. The highest BCUT2D eigenvalue weighted by Crippen LogP contribution is 2.20. The third-order valence-electron chi connectivity index (χ3n) is 6.45. The standard InChI is InChI=1S/C29H32F2N6O5/c1-3-36(4-2)24(39)17-34-28(42)29(30,31)25(40)22(15-19-11-7-5-8-12-19)35-23(38)18-37-26(20-13-9-6-10-14-20)33-16-21(32)27(37)41/h5-14,16,22H,3-4,15,17-18,32H2,1-2H3,(H,34,42)(H,35,38). The van der Waals surface area contributed by atoms with Gasteiger partial charge in [0.05, 0.1) is 18.8 Å². The summed E-state index contributed by atoms with van der Waals surface area (Å²) in [4.78, 5) is 69.1. The van der Waals surface area contributed by atoms with E-state index in [1.807, 2.05) is 5.32 Å². The van der Waals surface area contributed by atoms with E-state index in [1.54, 1.807) is 74.5 Å². The van der Waals surface area contributed by atoms with E-state index in [9.17, 15) is 24.0 Å². The van der Waals surface area contributed by atoms with E-state index in [0.717, 1.165) is 10.8 Å². The number of anilines is 1. The van der Waals surface area contributed by atoms with Gasteiger partial charge >= 0.3 is 5.92 Å². The number of Topliss-reactive ketones (excluding diaryl/α,β-unsaturated/α-hetero) is 1. The lowest BCUT2D eigenvalue weighted by Gasteiger charge is -2.24. The number of nitrogens with zero attached hydrogens (tertiary/aromatic N) is 3. The van der Waals surface area contributed by atoms with Crippen LogP contribution in [0.1, 0.15) is 19.4 Å². The van der Waals surface area contributed by atoms with E-state index in [-0.39, 0.29) is 17.9 Å². The lowest BCUT2D eigenvalue weighted by Crippen LogP contribution is -2.56. The molecule has 0 bridgehead atoms. The van der Waals surface area contributed by atoms with Crippen LogP contribution >= 0.6 is 0 Å². The normalized spacial score (nSPS) is 11.8. The van der Waals surface area contributed by atoms with Crippen LogP contribution in [0.25, 0.3) is 11.4 Å². The maximum absolute atomic E-state index is 15.1. The highest BCUT2D eigenvalue weighted by molar-refractivity contribution is 6.11. The number of benzene rings is 2. The largest absolute Gasteiger partial charge is 0.393 e. The molecule has 3 rings (SSSR count). The average Bonchev–Trinajstić information content (AvgIpc) is 2.99. The number of carbonyl (C=O) groups is 4. The van der Waals surface area contributed by atoms with Gasteiger partial charge in [0.25, 0.3) is 11.5 Å². The van der Waals surface area contributed by atoms with E-state index in [0.29, 0.717) is 24.2 Å². The number of likely N-dealkylation sites (N-methyl/N-ethyl adjacent to an activating group) is 1. The highest BCUT2D eigenvalue weighted by Gasteiger charge is 2.50. The first kappa shape index (κ1) is 31.6. The fraction of sp³-hybridized carbons (Fsp3) is 0.310. The van der Waals surface area contributed by atoms with E-state index in [2.05, 4.69) is 10.3 Å². The summed E-state index contributed by atoms with van der Waals surface area (Å²) in [5.41, 5.74) is 5.64. The zero-order valence-corrected chi connectivity index (χ0v) is 23.2. The first-order valence-electron chi connectivity index (χ1n) is 13.2. The number of nitrogens with two attached hydrogens (primary N) is 1. The molecule has 3 aromatic rings. The third-order valence-corrected chi connectivity index (χ3v) is 6.45. The minimum atomic E-state index is -4.58. The number of hydrogen-bond acceptors (Lipinski definition) is 7. The maximum atomic E-state index is 15.1. The van der Waals surface area contributed by atoms with Crippen molar-refractivity contribution in [1.29, 1.82) is 0 Å². The molecule has 0 aliphatic carbocycles. The number of amides is 3. The van der Waals surface area contributed by atoms with Crippen molar-refractivity contribution in [3.05, 3.63) is 82.8 Å². The van der Waals surface area contributed by atoms with E-state index < -0.39 is 54.1 Å². The van der Waals surface area contributed by atoms with Gasteiger partial charge in [-0.25, -0.2) is 4.98 Å². The van der Waals surface area contributed by atoms with Gasteiger partial charge in [-0.1, -0.05) is 60.7 Å².